The van der Waals surface area contributed by atoms with E-state index in [2.05, 4.69) is 31.3 Å². The SMILES string of the molecule is CCCCCCCCCCCCCCCCCCC/C=C/C(O)C(CO)NC(=O)CCCCCCCCCCC/C=C\CCCCCCCCCCCCCCOC(=O)CCCCCCCCCCCCCCCCCCCCC. The van der Waals surface area contributed by atoms with Crippen molar-refractivity contribution in [1.29, 1.82) is 0 Å². The lowest BCUT2D eigenvalue weighted by Gasteiger charge is -2.20. The summed E-state index contributed by atoms with van der Waals surface area (Å²) in [4.78, 5) is 24.6. The molecule has 2 unspecified atom stereocenters. The second kappa shape index (κ2) is 69.8. The largest absolute Gasteiger partial charge is 0.466 e. The molecule has 1 amide bonds. The molecule has 474 valence electrons. The molecule has 0 aliphatic heterocycles. The molecule has 0 heterocycles. The van der Waals surface area contributed by atoms with Crippen molar-refractivity contribution in [1.82, 2.24) is 5.32 Å². The molecule has 0 radical (unpaired) electrons. The van der Waals surface area contributed by atoms with Crippen LogP contribution in [0.25, 0.3) is 0 Å². The summed E-state index contributed by atoms with van der Waals surface area (Å²) in [5.41, 5.74) is 0. The third-order valence-corrected chi connectivity index (χ3v) is 17.2. The summed E-state index contributed by atoms with van der Waals surface area (Å²) in [6, 6.07) is -0.631. The molecule has 0 spiro atoms. The van der Waals surface area contributed by atoms with Crippen molar-refractivity contribution in [2.45, 2.75) is 424 Å². The minimum Gasteiger partial charge on any atom is -0.466 e. The van der Waals surface area contributed by atoms with Crippen molar-refractivity contribution in [3.05, 3.63) is 24.3 Å². The molecule has 0 rings (SSSR count). The highest BCUT2D eigenvalue weighted by Crippen LogP contribution is 2.19. The van der Waals surface area contributed by atoms with Gasteiger partial charge in [-0.3, -0.25) is 9.59 Å². The number of esters is 1. The number of ether oxygens (including phenoxy) is 1. The van der Waals surface area contributed by atoms with Crippen LogP contribution in [0.1, 0.15) is 412 Å². The number of carbonyl (C=O) groups excluding carboxylic acids is 2. The first-order valence-corrected chi connectivity index (χ1v) is 36.6. The first-order valence-electron chi connectivity index (χ1n) is 36.6. The highest BCUT2D eigenvalue weighted by molar-refractivity contribution is 5.76. The Bertz CT molecular complexity index is 1250. The number of aliphatic hydroxyl groups excluding tert-OH is 2. The molecule has 0 aromatic heterocycles. The topological polar surface area (TPSA) is 95.9 Å². The first kappa shape index (κ1) is 78.3. The van der Waals surface area contributed by atoms with E-state index < -0.39 is 12.1 Å². The van der Waals surface area contributed by atoms with Crippen LogP contribution in [0.4, 0.5) is 0 Å². The molecular formula is C74H143NO5. The van der Waals surface area contributed by atoms with Gasteiger partial charge >= 0.3 is 5.97 Å². The third-order valence-electron chi connectivity index (χ3n) is 17.2. The first-order chi connectivity index (χ1) is 39.5. The smallest absolute Gasteiger partial charge is 0.305 e. The molecule has 80 heavy (non-hydrogen) atoms. The van der Waals surface area contributed by atoms with E-state index in [0.717, 1.165) is 38.5 Å². The number of unbranched alkanes of at least 4 members (excludes halogenated alkanes) is 56. The third kappa shape index (κ3) is 65.5. The molecule has 0 aromatic carbocycles. The molecule has 6 heteroatoms. The summed E-state index contributed by atoms with van der Waals surface area (Å²) in [7, 11) is 0. The Morgan fingerprint density at radius 3 is 0.887 bits per heavy atom. The highest BCUT2D eigenvalue weighted by Gasteiger charge is 2.18. The van der Waals surface area contributed by atoms with Gasteiger partial charge in [-0.1, -0.05) is 366 Å². The van der Waals surface area contributed by atoms with Crippen molar-refractivity contribution in [2.75, 3.05) is 13.2 Å². The summed E-state index contributed by atoms with van der Waals surface area (Å²) in [6.45, 7) is 4.95. The van der Waals surface area contributed by atoms with Crippen LogP contribution in [0.2, 0.25) is 0 Å². The summed E-state index contributed by atoms with van der Waals surface area (Å²) < 4.78 is 5.51. The lowest BCUT2D eigenvalue weighted by Crippen LogP contribution is -2.45. The summed E-state index contributed by atoms with van der Waals surface area (Å²) in [6.07, 6.45) is 88.3. The highest BCUT2D eigenvalue weighted by atomic mass is 16.5. The number of aliphatic hydroxyl groups is 2. The molecule has 0 aliphatic rings. The molecule has 6 nitrogen and oxygen atoms in total. The van der Waals surface area contributed by atoms with Crippen molar-refractivity contribution in [3.8, 4) is 0 Å². The summed E-state index contributed by atoms with van der Waals surface area (Å²) >= 11 is 0. The van der Waals surface area contributed by atoms with Gasteiger partial charge < -0.3 is 20.3 Å². The van der Waals surface area contributed by atoms with Crippen LogP contribution >= 0.6 is 0 Å². The Morgan fingerprint density at radius 2 is 0.588 bits per heavy atom. The average Bonchev–Trinajstić information content (AvgIpc) is 3.46. The van der Waals surface area contributed by atoms with E-state index in [1.807, 2.05) is 6.08 Å². The van der Waals surface area contributed by atoms with Crippen LogP contribution in [-0.4, -0.2) is 47.4 Å². The van der Waals surface area contributed by atoms with Gasteiger partial charge in [0.2, 0.25) is 5.91 Å². The van der Waals surface area contributed by atoms with E-state index in [1.54, 1.807) is 6.08 Å². The number of allylic oxidation sites excluding steroid dienone is 3. The second-order valence-electron chi connectivity index (χ2n) is 25.3. The van der Waals surface area contributed by atoms with Crippen LogP contribution in [0.3, 0.4) is 0 Å². The van der Waals surface area contributed by atoms with Gasteiger partial charge in [-0.2, -0.15) is 0 Å². The predicted molar refractivity (Wildman–Crippen MR) is 352 cm³/mol. The quantitative estimate of drug-likeness (QED) is 0.0320. The van der Waals surface area contributed by atoms with Crippen LogP contribution in [0, 0.1) is 0 Å². The fraction of sp³-hybridized carbons (Fsp3) is 0.919. The Hall–Kier alpha value is -1.66. The van der Waals surface area contributed by atoms with E-state index in [4.69, 9.17) is 4.74 Å². The number of amides is 1. The normalized spacial score (nSPS) is 12.6. The maximum absolute atomic E-state index is 12.5. The molecule has 2 atom stereocenters. The van der Waals surface area contributed by atoms with Gasteiger partial charge in [0.15, 0.2) is 0 Å². The number of hydrogen-bond acceptors (Lipinski definition) is 5. The van der Waals surface area contributed by atoms with Crippen LogP contribution < -0.4 is 5.32 Å². The average molecular weight is 1130 g/mol. The number of carbonyl (C=O) groups is 2. The second-order valence-corrected chi connectivity index (χ2v) is 25.3. The minimum atomic E-state index is -0.847. The molecule has 3 N–H and O–H groups in total. The summed E-state index contributed by atoms with van der Waals surface area (Å²) in [5, 5.41) is 23.2. The summed E-state index contributed by atoms with van der Waals surface area (Å²) in [5.74, 6) is -0.0486. The molecule has 0 aromatic rings. The number of nitrogens with one attached hydrogen (secondary N) is 1. The van der Waals surface area contributed by atoms with E-state index >= 15 is 0 Å². The van der Waals surface area contributed by atoms with Crippen LogP contribution in [0.5, 0.6) is 0 Å². The maximum atomic E-state index is 12.5. The predicted octanol–water partition coefficient (Wildman–Crippen LogP) is 23.7. The van der Waals surface area contributed by atoms with Crippen molar-refractivity contribution in [3.63, 3.8) is 0 Å². The number of hydrogen-bond donors (Lipinski definition) is 3. The van der Waals surface area contributed by atoms with Gasteiger partial charge in [0.05, 0.1) is 25.4 Å². The van der Waals surface area contributed by atoms with Gasteiger partial charge in [-0.15, -0.1) is 0 Å². The molecule has 0 saturated carbocycles. The lowest BCUT2D eigenvalue weighted by molar-refractivity contribution is -0.143. The maximum Gasteiger partial charge on any atom is 0.305 e. The fourth-order valence-corrected chi connectivity index (χ4v) is 11.6. The zero-order chi connectivity index (χ0) is 57.8. The van der Waals surface area contributed by atoms with E-state index in [9.17, 15) is 19.8 Å². The zero-order valence-electron chi connectivity index (χ0n) is 54.3. The Labute approximate surface area is 501 Å². The van der Waals surface area contributed by atoms with Crippen molar-refractivity contribution >= 4 is 11.9 Å². The molecule has 0 aliphatic carbocycles. The van der Waals surface area contributed by atoms with Gasteiger partial charge in [-0.25, -0.2) is 0 Å². The number of rotatable bonds is 69. The van der Waals surface area contributed by atoms with Gasteiger partial charge in [0, 0.05) is 12.8 Å². The lowest BCUT2D eigenvalue weighted by atomic mass is 10.0. The van der Waals surface area contributed by atoms with Crippen LogP contribution in [-0.2, 0) is 14.3 Å². The minimum absolute atomic E-state index is 0.0187. The van der Waals surface area contributed by atoms with Gasteiger partial charge in [0.1, 0.15) is 0 Å². The molecule has 0 saturated heterocycles. The van der Waals surface area contributed by atoms with Crippen molar-refractivity contribution in [2.24, 2.45) is 0 Å². The Balaban J connectivity index is 3.39. The Kier molecular flexibility index (Phi) is 68.4. The van der Waals surface area contributed by atoms with Gasteiger partial charge in [-0.05, 0) is 57.8 Å². The van der Waals surface area contributed by atoms with E-state index in [1.165, 1.54) is 347 Å². The van der Waals surface area contributed by atoms with Crippen LogP contribution in [0.15, 0.2) is 24.3 Å². The Morgan fingerprint density at radius 1 is 0.338 bits per heavy atom. The molecule has 0 bridgehead atoms. The van der Waals surface area contributed by atoms with Gasteiger partial charge in [0.25, 0.3) is 0 Å². The zero-order valence-corrected chi connectivity index (χ0v) is 54.3. The van der Waals surface area contributed by atoms with E-state index in [0.29, 0.717) is 19.4 Å². The fourth-order valence-electron chi connectivity index (χ4n) is 11.6. The van der Waals surface area contributed by atoms with Crippen molar-refractivity contribution < 1.29 is 24.5 Å². The van der Waals surface area contributed by atoms with E-state index in [-0.39, 0.29) is 18.5 Å². The molecular weight excluding hydrogens is 983 g/mol. The molecule has 0 fully saturated rings. The standard InChI is InChI=1S/C74H143NO5/c1-3-5-7-9-11-13-15-17-19-21-30-34-38-42-46-50-54-58-62-66-72(77)71(70-76)75-73(78)67-63-59-55-51-47-43-39-35-32-28-26-24-23-25-27-29-33-37-41-45-49-53-57-61-65-69-80-74(79)68-64-60-56-52-48-44-40-36-31-22-20-18-16-14-12-10-8-6-4-2/h24,26,62,66,71-72,76-77H,3-23,25,27-61,63-65,67-70H2,1-2H3,(H,75,78)/b26-24-,66-62+. The monoisotopic (exact) mass is 1130 g/mol.